The summed E-state index contributed by atoms with van der Waals surface area (Å²) in [7, 11) is 0. The Morgan fingerprint density at radius 2 is 2.00 bits per heavy atom. The van der Waals surface area contributed by atoms with Crippen LogP contribution < -0.4 is 5.32 Å². The van der Waals surface area contributed by atoms with E-state index in [2.05, 4.69) is 34.6 Å². The number of benzene rings is 1. The SMILES string of the molecule is ClCC1(NCc2cccc3cccnc23)CCOCC1. The lowest BCUT2D eigenvalue weighted by Gasteiger charge is -2.36. The summed E-state index contributed by atoms with van der Waals surface area (Å²) in [6.45, 7) is 2.36. The predicted molar refractivity (Wildman–Crippen MR) is 82.1 cm³/mol. The molecule has 0 spiro atoms. The van der Waals surface area contributed by atoms with Gasteiger partial charge >= 0.3 is 0 Å². The largest absolute Gasteiger partial charge is 0.381 e. The van der Waals surface area contributed by atoms with E-state index in [1.807, 2.05) is 12.3 Å². The predicted octanol–water partition coefficient (Wildman–Crippen LogP) is 3.11. The third-order valence-corrected chi connectivity index (χ3v) is 4.59. The Morgan fingerprint density at radius 1 is 1.20 bits per heavy atom. The zero-order chi connectivity index (χ0) is 13.8. The first-order valence-electron chi connectivity index (χ1n) is 7.04. The Morgan fingerprint density at radius 3 is 2.80 bits per heavy atom. The van der Waals surface area contributed by atoms with Crippen LogP contribution in [0, 0.1) is 0 Å². The zero-order valence-electron chi connectivity index (χ0n) is 11.4. The van der Waals surface area contributed by atoms with Crippen LogP contribution in [0.15, 0.2) is 36.5 Å². The number of aromatic nitrogens is 1. The highest BCUT2D eigenvalue weighted by Gasteiger charge is 2.31. The summed E-state index contributed by atoms with van der Waals surface area (Å²) in [5.41, 5.74) is 2.29. The van der Waals surface area contributed by atoms with Crippen LogP contribution in [0.1, 0.15) is 18.4 Å². The number of nitrogens with zero attached hydrogens (tertiary/aromatic N) is 1. The smallest absolute Gasteiger partial charge is 0.0746 e. The average Bonchev–Trinajstić information content (AvgIpc) is 2.54. The number of hydrogen-bond donors (Lipinski definition) is 1. The molecule has 4 heteroatoms. The number of alkyl halides is 1. The second kappa shape index (κ2) is 6.08. The first-order chi connectivity index (χ1) is 9.83. The number of nitrogens with one attached hydrogen (secondary N) is 1. The maximum absolute atomic E-state index is 6.19. The number of pyridine rings is 1. The highest BCUT2D eigenvalue weighted by Crippen LogP contribution is 2.24. The fraction of sp³-hybridized carbons (Fsp3) is 0.438. The van der Waals surface area contributed by atoms with Crippen LogP contribution in [0.3, 0.4) is 0 Å². The molecule has 1 aromatic carbocycles. The zero-order valence-corrected chi connectivity index (χ0v) is 12.2. The van der Waals surface area contributed by atoms with Gasteiger partial charge in [-0.05, 0) is 24.5 Å². The highest BCUT2D eigenvalue weighted by molar-refractivity contribution is 6.18. The fourth-order valence-electron chi connectivity index (χ4n) is 2.71. The fourth-order valence-corrected chi connectivity index (χ4v) is 3.07. The minimum Gasteiger partial charge on any atom is -0.381 e. The third kappa shape index (κ3) is 2.80. The van der Waals surface area contributed by atoms with Crippen LogP contribution in [0.4, 0.5) is 0 Å². The van der Waals surface area contributed by atoms with Crippen molar-refractivity contribution in [1.82, 2.24) is 10.3 Å². The van der Waals surface area contributed by atoms with E-state index < -0.39 is 0 Å². The standard InChI is InChI=1S/C16H19ClN2O/c17-12-16(6-9-20-10-7-16)19-11-14-4-1-3-13-5-2-8-18-15(13)14/h1-5,8,19H,6-7,9-12H2. The van der Waals surface area contributed by atoms with Crippen molar-refractivity contribution in [2.75, 3.05) is 19.1 Å². The second-order valence-corrected chi connectivity index (χ2v) is 5.64. The lowest BCUT2D eigenvalue weighted by molar-refractivity contribution is 0.0459. The lowest BCUT2D eigenvalue weighted by atomic mass is 9.92. The van der Waals surface area contributed by atoms with Gasteiger partial charge in [-0.2, -0.15) is 0 Å². The van der Waals surface area contributed by atoms with Gasteiger partial charge in [-0.3, -0.25) is 4.98 Å². The van der Waals surface area contributed by atoms with E-state index in [-0.39, 0.29) is 5.54 Å². The number of ether oxygens (including phenoxy) is 1. The molecule has 1 aromatic heterocycles. The van der Waals surface area contributed by atoms with Crippen molar-refractivity contribution in [3.05, 3.63) is 42.1 Å². The highest BCUT2D eigenvalue weighted by atomic mass is 35.5. The summed E-state index contributed by atoms with van der Waals surface area (Å²) in [5.74, 6) is 0.620. The van der Waals surface area contributed by atoms with Gasteiger partial charge in [-0.1, -0.05) is 24.3 Å². The molecule has 1 saturated heterocycles. The van der Waals surface area contributed by atoms with Gasteiger partial charge in [0.05, 0.1) is 5.52 Å². The Hall–Kier alpha value is -1.16. The van der Waals surface area contributed by atoms with Crippen LogP contribution in [0.5, 0.6) is 0 Å². The molecule has 1 aliphatic rings. The quantitative estimate of drug-likeness (QED) is 0.879. The molecule has 20 heavy (non-hydrogen) atoms. The minimum atomic E-state index is -0.00322. The van der Waals surface area contributed by atoms with Crippen molar-refractivity contribution in [1.29, 1.82) is 0 Å². The summed E-state index contributed by atoms with van der Waals surface area (Å²) >= 11 is 6.19. The summed E-state index contributed by atoms with van der Waals surface area (Å²) in [5, 5.41) is 4.82. The van der Waals surface area contributed by atoms with Gasteiger partial charge < -0.3 is 10.1 Å². The molecule has 3 nitrogen and oxygen atoms in total. The average molecular weight is 291 g/mol. The van der Waals surface area contributed by atoms with Gasteiger partial charge in [0.2, 0.25) is 0 Å². The molecule has 0 aliphatic carbocycles. The molecule has 0 radical (unpaired) electrons. The summed E-state index contributed by atoms with van der Waals surface area (Å²) in [6.07, 6.45) is 3.78. The molecule has 2 aromatic rings. The molecule has 0 unspecified atom stereocenters. The third-order valence-electron chi connectivity index (χ3n) is 4.08. The van der Waals surface area contributed by atoms with Gasteiger partial charge in [0, 0.05) is 42.8 Å². The van der Waals surface area contributed by atoms with Crippen molar-refractivity contribution in [3.8, 4) is 0 Å². The molecule has 0 amide bonds. The monoisotopic (exact) mass is 290 g/mol. The number of fused-ring (bicyclic) bond motifs is 1. The molecule has 1 N–H and O–H groups in total. The van der Waals surface area contributed by atoms with E-state index in [4.69, 9.17) is 16.3 Å². The van der Waals surface area contributed by atoms with E-state index in [9.17, 15) is 0 Å². The van der Waals surface area contributed by atoms with Crippen molar-refractivity contribution in [2.45, 2.75) is 24.9 Å². The number of halogens is 1. The van der Waals surface area contributed by atoms with Gasteiger partial charge in [-0.15, -0.1) is 11.6 Å². The molecule has 1 fully saturated rings. The van der Waals surface area contributed by atoms with Crippen molar-refractivity contribution < 1.29 is 4.74 Å². The number of hydrogen-bond acceptors (Lipinski definition) is 3. The molecule has 2 heterocycles. The van der Waals surface area contributed by atoms with Crippen LogP contribution in [-0.4, -0.2) is 29.6 Å². The van der Waals surface area contributed by atoms with E-state index in [1.54, 1.807) is 0 Å². The normalized spacial score (nSPS) is 18.2. The Bertz CT molecular complexity index is 576. The van der Waals surface area contributed by atoms with E-state index in [0.29, 0.717) is 5.88 Å². The van der Waals surface area contributed by atoms with E-state index in [0.717, 1.165) is 38.1 Å². The molecule has 0 bridgehead atoms. The molecular weight excluding hydrogens is 272 g/mol. The van der Waals surface area contributed by atoms with Crippen LogP contribution in [0.25, 0.3) is 10.9 Å². The molecule has 0 saturated carbocycles. The van der Waals surface area contributed by atoms with Gasteiger partial charge in [0.25, 0.3) is 0 Å². The van der Waals surface area contributed by atoms with Crippen LogP contribution >= 0.6 is 11.6 Å². The minimum absolute atomic E-state index is 0.00322. The van der Waals surface area contributed by atoms with E-state index in [1.165, 1.54) is 10.9 Å². The van der Waals surface area contributed by atoms with Crippen molar-refractivity contribution >= 4 is 22.5 Å². The Balaban J connectivity index is 1.79. The number of rotatable bonds is 4. The summed E-state index contributed by atoms with van der Waals surface area (Å²) < 4.78 is 5.44. The molecule has 0 atom stereocenters. The Kier molecular flexibility index (Phi) is 4.20. The second-order valence-electron chi connectivity index (χ2n) is 5.37. The molecular formula is C16H19ClN2O. The topological polar surface area (TPSA) is 34.2 Å². The molecule has 1 aliphatic heterocycles. The van der Waals surface area contributed by atoms with Crippen LogP contribution in [-0.2, 0) is 11.3 Å². The maximum atomic E-state index is 6.19. The first-order valence-corrected chi connectivity index (χ1v) is 7.58. The van der Waals surface area contributed by atoms with Gasteiger partial charge in [0.1, 0.15) is 0 Å². The molecule has 106 valence electrons. The summed E-state index contributed by atoms with van der Waals surface area (Å²) in [4.78, 5) is 4.50. The maximum Gasteiger partial charge on any atom is 0.0746 e. The number of para-hydroxylation sites is 1. The first kappa shape index (κ1) is 13.8. The molecule has 3 rings (SSSR count). The summed E-state index contributed by atoms with van der Waals surface area (Å²) in [6, 6.07) is 10.4. The van der Waals surface area contributed by atoms with E-state index >= 15 is 0 Å². The van der Waals surface area contributed by atoms with Crippen LogP contribution in [0.2, 0.25) is 0 Å². The van der Waals surface area contributed by atoms with Gasteiger partial charge in [-0.25, -0.2) is 0 Å². The Labute approximate surface area is 124 Å². The van der Waals surface area contributed by atoms with Gasteiger partial charge in [0.15, 0.2) is 0 Å². The lowest BCUT2D eigenvalue weighted by Crippen LogP contribution is -2.50. The van der Waals surface area contributed by atoms with Crippen molar-refractivity contribution in [2.24, 2.45) is 0 Å². The van der Waals surface area contributed by atoms with Crippen molar-refractivity contribution in [3.63, 3.8) is 0 Å².